The summed E-state index contributed by atoms with van der Waals surface area (Å²) in [5.74, 6) is -1.20. The zero-order valence-electron chi connectivity index (χ0n) is 9.80. The highest BCUT2D eigenvalue weighted by molar-refractivity contribution is 5.36. The maximum Gasteiger partial charge on any atom is 0.168 e. The van der Waals surface area contributed by atoms with Gasteiger partial charge in [-0.2, -0.15) is 0 Å². The molecular formula is C12H16F2N2O. The summed E-state index contributed by atoms with van der Waals surface area (Å²) in [6, 6.07) is 0.835. The zero-order chi connectivity index (χ0) is 12.3. The summed E-state index contributed by atoms with van der Waals surface area (Å²) in [5, 5.41) is 2.94. The van der Waals surface area contributed by atoms with Crippen LogP contribution in [0.5, 0.6) is 0 Å². The molecular weight excluding hydrogens is 226 g/mol. The number of aromatic nitrogens is 1. The van der Waals surface area contributed by atoms with Crippen molar-refractivity contribution in [1.29, 1.82) is 0 Å². The number of anilines is 1. The van der Waals surface area contributed by atoms with Gasteiger partial charge in [0.1, 0.15) is 5.82 Å². The van der Waals surface area contributed by atoms with E-state index in [1.54, 1.807) is 0 Å². The maximum atomic E-state index is 13.3. The number of pyridine rings is 1. The Morgan fingerprint density at radius 2 is 2.12 bits per heavy atom. The van der Waals surface area contributed by atoms with Crippen molar-refractivity contribution in [2.45, 2.75) is 19.8 Å². The van der Waals surface area contributed by atoms with E-state index in [4.69, 9.17) is 4.74 Å². The number of hydrogen-bond acceptors (Lipinski definition) is 3. The number of ether oxygens (including phenoxy) is 1. The molecule has 0 bridgehead atoms. The molecule has 0 aliphatic carbocycles. The number of hydrogen-bond donors (Lipinski definition) is 1. The third-order valence-electron chi connectivity index (χ3n) is 3.19. The predicted molar refractivity (Wildman–Crippen MR) is 60.8 cm³/mol. The largest absolute Gasteiger partial charge is 0.381 e. The summed E-state index contributed by atoms with van der Waals surface area (Å²) < 4.78 is 31.3. The fraction of sp³-hybridized carbons (Fsp3) is 0.583. The Balaban J connectivity index is 1.97. The first-order valence-corrected chi connectivity index (χ1v) is 5.72. The summed E-state index contributed by atoms with van der Waals surface area (Å²) in [6.07, 6.45) is 2.88. The molecule has 0 aromatic carbocycles. The minimum absolute atomic E-state index is 0.0841. The Kier molecular flexibility index (Phi) is 3.57. The summed E-state index contributed by atoms with van der Waals surface area (Å²) in [5.41, 5.74) is 0.0841. The van der Waals surface area contributed by atoms with E-state index in [-0.39, 0.29) is 11.2 Å². The van der Waals surface area contributed by atoms with Gasteiger partial charge in [0.25, 0.3) is 0 Å². The molecule has 94 valence electrons. The Hall–Kier alpha value is -1.23. The topological polar surface area (TPSA) is 34.2 Å². The van der Waals surface area contributed by atoms with E-state index in [2.05, 4.69) is 17.2 Å². The molecule has 3 nitrogen and oxygen atoms in total. The fourth-order valence-corrected chi connectivity index (χ4v) is 1.88. The maximum absolute atomic E-state index is 13.3. The van der Waals surface area contributed by atoms with E-state index >= 15 is 0 Å². The van der Waals surface area contributed by atoms with Crippen molar-refractivity contribution in [3.8, 4) is 0 Å². The van der Waals surface area contributed by atoms with E-state index in [0.29, 0.717) is 6.54 Å². The van der Waals surface area contributed by atoms with Gasteiger partial charge in [0.15, 0.2) is 11.6 Å². The van der Waals surface area contributed by atoms with Crippen LogP contribution >= 0.6 is 0 Å². The molecule has 2 heterocycles. The number of nitrogens with zero attached hydrogens (tertiary/aromatic N) is 1. The van der Waals surface area contributed by atoms with Crippen LogP contribution in [0.15, 0.2) is 12.3 Å². The Bertz CT molecular complexity index is 392. The molecule has 1 aliphatic heterocycles. The van der Waals surface area contributed by atoms with Gasteiger partial charge in [-0.05, 0) is 18.3 Å². The number of halogens is 2. The standard InChI is InChI=1S/C12H16F2N2O/c1-12(2-4-17-5-3-12)8-16-11-10(14)6-9(13)7-15-11/h6-7H,2-5,8H2,1H3,(H,15,16). The fourth-order valence-electron chi connectivity index (χ4n) is 1.88. The molecule has 0 unspecified atom stereocenters. The average Bonchev–Trinajstić information content (AvgIpc) is 2.29. The first-order valence-electron chi connectivity index (χ1n) is 5.72. The van der Waals surface area contributed by atoms with Crippen LogP contribution in [0.3, 0.4) is 0 Å². The van der Waals surface area contributed by atoms with Crippen molar-refractivity contribution in [2.75, 3.05) is 25.1 Å². The molecule has 0 atom stereocenters. The molecule has 1 aliphatic rings. The van der Waals surface area contributed by atoms with Crippen molar-refractivity contribution >= 4 is 5.82 Å². The second kappa shape index (κ2) is 4.96. The van der Waals surface area contributed by atoms with E-state index in [9.17, 15) is 8.78 Å². The van der Waals surface area contributed by atoms with Crippen LogP contribution in [-0.2, 0) is 4.74 Å². The van der Waals surface area contributed by atoms with Crippen LogP contribution in [-0.4, -0.2) is 24.7 Å². The molecule has 5 heteroatoms. The SMILES string of the molecule is CC1(CNc2ncc(F)cc2F)CCOCC1. The smallest absolute Gasteiger partial charge is 0.168 e. The van der Waals surface area contributed by atoms with E-state index < -0.39 is 11.6 Å². The zero-order valence-corrected chi connectivity index (χ0v) is 9.80. The normalized spacial score (nSPS) is 19.0. The lowest BCUT2D eigenvalue weighted by molar-refractivity contribution is 0.0299. The molecule has 0 saturated carbocycles. The van der Waals surface area contributed by atoms with Gasteiger partial charge in [-0.1, -0.05) is 6.92 Å². The molecule has 0 radical (unpaired) electrons. The molecule has 17 heavy (non-hydrogen) atoms. The lowest BCUT2D eigenvalue weighted by atomic mass is 9.82. The second-order valence-corrected chi connectivity index (χ2v) is 4.76. The molecule has 1 N–H and O–H groups in total. The van der Waals surface area contributed by atoms with E-state index in [0.717, 1.165) is 38.3 Å². The third kappa shape index (κ3) is 3.12. The highest BCUT2D eigenvalue weighted by Crippen LogP contribution is 2.30. The van der Waals surface area contributed by atoms with Crippen LogP contribution in [0.25, 0.3) is 0 Å². The van der Waals surface area contributed by atoms with Gasteiger partial charge >= 0.3 is 0 Å². The molecule has 1 aromatic heterocycles. The Morgan fingerprint density at radius 1 is 1.41 bits per heavy atom. The van der Waals surface area contributed by atoms with E-state index in [1.165, 1.54) is 0 Å². The first-order chi connectivity index (χ1) is 8.09. The van der Waals surface area contributed by atoms with Gasteiger partial charge in [-0.3, -0.25) is 0 Å². The van der Waals surface area contributed by atoms with Crippen molar-refractivity contribution in [2.24, 2.45) is 5.41 Å². The molecule has 0 amide bonds. The van der Waals surface area contributed by atoms with Crippen LogP contribution in [0.2, 0.25) is 0 Å². The molecule has 0 spiro atoms. The van der Waals surface area contributed by atoms with Crippen LogP contribution in [0, 0.1) is 17.0 Å². The summed E-state index contributed by atoms with van der Waals surface area (Å²) >= 11 is 0. The monoisotopic (exact) mass is 242 g/mol. The van der Waals surface area contributed by atoms with Crippen LogP contribution in [0.4, 0.5) is 14.6 Å². The van der Waals surface area contributed by atoms with Crippen LogP contribution in [0.1, 0.15) is 19.8 Å². The molecule has 2 rings (SSSR count). The quantitative estimate of drug-likeness (QED) is 0.884. The molecule has 1 fully saturated rings. The predicted octanol–water partition coefficient (Wildman–Crippen LogP) is 2.59. The molecule has 1 saturated heterocycles. The Morgan fingerprint density at radius 3 is 2.76 bits per heavy atom. The van der Waals surface area contributed by atoms with Crippen molar-refractivity contribution in [3.05, 3.63) is 23.9 Å². The van der Waals surface area contributed by atoms with Gasteiger partial charge in [-0.15, -0.1) is 0 Å². The van der Waals surface area contributed by atoms with Gasteiger partial charge in [0.05, 0.1) is 6.20 Å². The van der Waals surface area contributed by atoms with Crippen molar-refractivity contribution < 1.29 is 13.5 Å². The summed E-state index contributed by atoms with van der Waals surface area (Å²) in [4.78, 5) is 3.70. The van der Waals surface area contributed by atoms with Crippen molar-refractivity contribution in [1.82, 2.24) is 4.98 Å². The lowest BCUT2D eigenvalue weighted by Gasteiger charge is -2.33. The minimum Gasteiger partial charge on any atom is -0.381 e. The highest BCUT2D eigenvalue weighted by atomic mass is 19.1. The average molecular weight is 242 g/mol. The third-order valence-corrected chi connectivity index (χ3v) is 3.19. The minimum atomic E-state index is -0.662. The highest BCUT2D eigenvalue weighted by Gasteiger charge is 2.27. The van der Waals surface area contributed by atoms with Gasteiger partial charge < -0.3 is 10.1 Å². The second-order valence-electron chi connectivity index (χ2n) is 4.76. The van der Waals surface area contributed by atoms with Gasteiger partial charge in [-0.25, -0.2) is 13.8 Å². The Labute approximate surface area is 99.2 Å². The van der Waals surface area contributed by atoms with Crippen LogP contribution < -0.4 is 5.32 Å². The first kappa shape index (κ1) is 12.2. The van der Waals surface area contributed by atoms with Gasteiger partial charge in [0, 0.05) is 25.8 Å². The van der Waals surface area contributed by atoms with Gasteiger partial charge in [0.2, 0.25) is 0 Å². The van der Waals surface area contributed by atoms with Crippen molar-refractivity contribution in [3.63, 3.8) is 0 Å². The summed E-state index contributed by atoms with van der Waals surface area (Å²) in [7, 11) is 0. The molecule has 1 aromatic rings. The lowest BCUT2D eigenvalue weighted by Crippen LogP contribution is -2.33. The summed E-state index contributed by atoms with van der Waals surface area (Å²) in [6.45, 7) is 4.21. The number of rotatable bonds is 3. The number of nitrogens with one attached hydrogen (secondary N) is 1. The van der Waals surface area contributed by atoms with E-state index in [1.807, 2.05) is 0 Å².